The summed E-state index contributed by atoms with van der Waals surface area (Å²) in [6, 6.07) is 4.33. The summed E-state index contributed by atoms with van der Waals surface area (Å²) < 4.78 is 21.1. The van der Waals surface area contributed by atoms with Crippen LogP contribution in [0.3, 0.4) is 0 Å². The van der Waals surface area contributed by atoms with Gasteiger partial charge in [-0.3, -0.25) is 0 Å². The van der Waals surface area contributed by atoms with Gasteiger partial charge in [-0.05, 0) is 50.2 Å². The molecule has 2 rings (SSSR count). The van der Waals surface area contributed by atoms with Crippen molar-refractivity contribution in [2.24, 2.45) is 0 Å². The standard InChI is InChI=1S/C21H29FN2O3S2/c1-5-7-9-15-13-24(10-8-6-2)17-11-20(28-4)18(12-19(17)29-23(15)3)27-14-16(22)21(25)26/h6,11-12,14-15H,2,5,7-10,13H2,1,3-4H3,(H,25,26)/b16-14-. The van der Waals surface area contributed by atoms with Crippen molar-refractivity contribution < 1.29 is 19.0 Å². The third-order valence-electron chi connectivity index (χ3n) is 4.76. The molecule has 0 aromatic heterocycles. The van der Waals surface area contributed by atoms with E-state index in [0.29, 0.717) is 18.1 Å². The van der Waals surface area contributed by atoms with Crippen molar-refractivity contribution in [3.05, 3.63) is 36.9 Å². The lowest BCUT2D eigenvalue weighted by atomic mass is 10.1. The van der Waals surface area contributed by atoms with E-state index in [1.54, 1.807) is 11.9 Å². The van der Waals surface area contributed by atoms with Gasteiger partial charge in [-0.2, -0.15) is 4.39 Å². The minimum Gasteiger partial charge on any atom is -0.476 e. The number of anilines is 1. The van der Waals surface area contributed by atoms with Gasteiger partial charge in [-0.15, -0.1) is 18.3 Å². The molecule has 0 aliphatic carbocycles. The molecule has 1 atom stereocenters. The molecule has 8 heteroatoms. The average molecular weight is 441 g/mol. The molecule has 0 radical (unpaired) electrons. The fourth-order valence-corrected chi connectivity index (χ4v) is 4.75. The second kappa shape index (κ2) is 11.5. The zero-order chi connectivity index (χ0) is 21.4. The highest BCUT2D eigenvalue weighted by molar-refractivity contribution is 7.98. The highest BCUT2D eigenvalue weighted by Crippen LogP contribution is 2.43. The molecule has 0 bridgehead atoms. The van der Waals surface area contributed by atoms with Gasteiger partial charge in [0.1, 0.15) is 12.0 Å². The summed E-state index contributed by atoms with van der Waals surface area (Å²) in [6.45, 7) is 7.85. The Balaban J connectivity index is 2.41. The Morgan fingerprint density at radius 3 is 2.90 bits per heavy atom. The summed E-state index contributed by atoms with van der Waals surface area (Å²) >= 11 is 3.13. The molecule has 1 heterocycles. The predicted octanol–water partition coefficient (Wildman–Crippen LogP) is 5.58. The summed E-state index contributed by atoms with van der Waals surface area (Å²) in [7, 11) is 2.10. The van der Waals surface area contributed by atoms with E-state index >= 15 is 0 Å². The molecule has 1 unspecified atom stereocenters. The number of benzene rings is 1. The second-order valence-electron chi connectivity index (χ2n) is 6.82. The molecule has 29 heavy (non-hydrogen) atoms. The van der Waals surface area contributed by atoms with E-state index in [-0.39, 0.29) is 0 Å². The lowest BCUT2D eigenvalue weighted by Crippen LogP contribution is -2.38. The minimum atomic E-state index is -1.64. The number of unbranched alkanes of at least 4 members (excludes halogenated alkanes) is 1. The molecule has 1 aromatic rings. The molecular weight excluding hydrogens is 411 g/mol. The number of hydrogen-bond acceptors (Lipinski definition) is 6. The molecule has 1 aromatic carbocycles. The maximum Gasteiger partial charge on any atom is 0.368 e. The summed E-state index contributed by atoms with van der Waals surface area (Å²) in [4.78, 5) is 14.9. The molecule has 5 nitrogen and oxygen atoms in total. The Hall–Kier alpha value is -1.64. The van der Waals surface area contributed by atoms with Crippen LogP contribution in [0.5, 0.6) is 5.75 Å². The van der Waals surface area contributed by atoms with Crippen molar-refractivity contribution in [2.75, 3.05) is 31.3 Å². The first kappa shape index (κ1) is 23.6. The van der Waals surface area contributed by atoms with Gasteiger partial charge in [0.2, 0.25) is 5.83 Å². The zero-order valence-electron chi connectivity index (χ0n) is 17.2. The summed E-state index contributed by atoms with van der Waals surface area (Å²) in [5.41, 5.74) is 1.11. The van der Waals surface area contributed by atoms with E-state index in [4.69, 9.17) is 9.84 Å². The highest BCUT2D eigenvalue weighted by Gasteiger charge is 2.27. The lowest BCUT2D eigenvalue weighted by molar-refractivity contribution is -0.134. The first-order valence-corrected chi connectivity index (χ1v) is 11.6. The van der Waals surface area contributed by atoms with Crippen LogP contribution in [0.1, 0.15) is 32.6 Å². The minimum absolute atomic E-state index is 0.406. The third-order valence-corrected chi connectivity index (χ3v) is 6.63. The molecule has 160 valence electrons. The van der Waals surface area contributed by atoms with Gasteiger partial charge >= 0.3 is 5.97 Å². The summed E-state index contributed by atoms with van der Waals surface area (Å²) in [5.74, 6) is -2.53. The van der Waals surface area contributed by atoms with Crippen molar-refractivity contribution in [2.45, 2.75) is 48.4 Å². The Morgan fingerprint density at radius 2 is 2.28 bits per heavy atom. The van der Waals surface area contributed by atoms with Crippen LogP contribution in [-0.4, -0.2) is 47.8 Å². The quantitative estimate of drug-likeness (QED) is 0.168. The first-order chi connectivity index (χ1) is 13.9. The Kier molecular flexibility index (Phi) is 9.39. The lowest BCUT2D eigenvalue weighted by Gasteiger charge is -2.29. The number of aliphatic carboxylic acids is 1. The molecule has 0 spiro atoms. The fraction of sp³-hybridized carbons (Fsp3) is 0.476. The maximum atomic E-state index is 13.4. The summed E-state index contributed by atoms with van der Waals surface area (Å²) in [5, 5.41) is 8.71. The van der Waals surface area contributed by atoms with Crippen LogP contribution in [0.25, 0.3) is 0 Å². The largest absolute Gasteiger partial charge is 0.476 e. The number of rotatable bonds is 10. The van der Waals surface area contributed by atoms with E-state index in [0.717, 1.165) is 47.8 Å². The third kappa shape index (κ3) is 6.42. The van der Waals surface area contributed by atoms with Crippen molar-refractivity contribution >= 4 is 35.4 Å². The van der Waals surface area contributed by atoms with E-state index in [2.05, 4.69) is 29.8 Å². The van der Waals surface area contributed by atoms with Crippen molar-refractivity contribution in [3.8, 4) is 5.75 Å². The zero-order valence-corrected chi connectivity index (χ0v) is 18.8. The molecule has 1 aliphatic heterocycles. The van der Waals surface area contributed by atoms with Gasteiger partial charge < -0.3 is 14.7 Å². The number of carboxylic acids is 1. The van der Waals surface area contributed by atoms with Crippen LogP contribution in [0.2, 0.25) is 0 Å². The SMILES string of the molecule is C=CCCN1CC(CCCC)N(C)Sc2cc(O/C=C(\F)C(=O)O)c(SC)cc21. The summed E-state index contributed by atoms with van der Waals surface area (Å²) in [6.07, 6.45) is 8.82. The van der Waals surface area contributed by atoms with Gasteiger partial charge in [0.05, 0.1) is 15.5 Å². The number of ether oxygens (including phenoxy) is 1. The van der Waals surface area contributed by atoms with Crippen molar-refractivity contribution in [1.82, 2.24) is 4.31 Å². The Labute approximate surface area is 181 Å². The number of hydrogen-bond donors (Lipinski definition) is 1. The van der Waals surface area contributed by atoms with Gasteiger partial charge in [-0.25, -0.2) is 9.10 Å². The number of carbonyl (C=O) groups is 1. The van der Waals surface area contributed by atoms with E-state index in [1.165, 1.54) is 18.2 Å². The first-order valence-electron chi connectivity index (χ1n) is 9.65. The number of thioether (sulfide) groups is 1. The topological polar surface area (TPSA) is 53.0 Å². The van der Waals surface area contributed by atoms with Gasteiger partial charge in [0.15, 0.2) is 0 Å². The van der Waals surface area contributed by atoms with Crippen LogP contribution in [0.15, 0.2) is 46.7 Å². The van der Waals surface area contributed by atoms with E-state index in [9.17, 15) is 9.18 Å². The van der Waals surface area contributed by atoms with Crippen molar-refractivity contribution in [3.63, 3.8) is 0 Å². The van der Waals surface area contributed by atoms with Crippen molar-refractivity contribution in [1.29, 1.82) is 0 Å². The molecule has 0 saturated carbocycles. The molecule has 0 saturated heterocycles. The number of likely N-dealkylation sites (N-methyl/N-ethyl adjacent to an activating group) is 1. The molecule has 1 N–H and O–H groups in total. The van der Waals surface area contributed by atoms with Gasteiger partial charge in [0, 0.05) is 19.1 Å². The predicted molar refractivity (Wildman–Crippen MR) is 120 cm³/mol. The van der Waals surface area contributed by atoms with Crippen LogP contribution in [0.4, 0.5) is 10.1 Å². The Morgan fingerprint density at radius 1 is 1.52 bits per heavy atom. The molecule has 0 fully saturated rings. The monoisotopic (exact) mass is 440 g/mol. The fourth-order valence-electron chi connectivity index (χ4n) is 3.14. The molecule has 0 amide bonds. The van der Waals surface area contributed by atoms with Gasteiger partial charge in [-0.1, -0.05) is 25.8 Å². The highest BCUT2D eigenvalue weighted by atomic mass is 32.2. The molecule has 1 aliphatic rings. The Bertz CT molecular complexity index is 758. The number of nitrogens with zero attached hydrogens (tertiary/aromatic N) is 2. The number of fused-ring (bicyclic) bond motifs is 1. The molecular formula is C21H29FN2O3S2. The van der Waals surface area contributed by atoms with Crippen LogP contribution in [0, 0.1) is 0 Å². The van der Waals surface area contributed by atoms with Crippen LogP contribution < -0.4 is 9.64 Å². The number of carboxylic acid groups (broad SMARTS) is 1. The normalized spacial score (nSPS) is 17.6. The van der Waals surface area contributed by atoms with Crippen LogP contribution >= 0.6 is 23.7 Å². The average Bonchev–Trinajstić information content (AvgIpc) is 2.83. The van der Waals surface area contributed by atoms with E-state index in [1.807, 2.05) is 24.5 Å². The van der Waals surface area contributed by atoms with E-state index < -0.39 is 11.8 Å². The second-order valence-corrected chi connectivity index (χ2v) is 8.86. The number of halogens is 1. The smallest absolute Gasteiger partial charge is 0.368 e. The maximum absolute atomic E-state index is 13.4. The van der Waals surface area contributed by atoms with Gasteiger partial charge in [0.25, 0.3) is 0 Å². The van der Waals surface area contributed by atoms with Crippen LogP contribution in [-0.2, 0) is 4.79 Å².